The quantitative estimate of drug-likeness (QED) is 0.565. The predicted octanol–water partition coefficient (Wildman–Crippen LogP) is 3.40. The van der Waals surface area contributed by atoms with Crippen LogP contribution in [0.2, 0.25) is 0 Å². The number of piperidine rings is 1. The van der Waals surface area contributed by atoms with Gasteiger partial charge in [-0.3, -0.25) is 10.1 Å². The number of hydrogen-bond donors (Lipinski definition) is 1. The van der Waals surface area contributed by atoms with E-state index in [2.05, 4.69) is 22.4 Å². The number of anilines is 1. The second kappa shape index (κ2) is 9.80. The molecule has 1 saturated heterocycles. The van der Waals surface area contributed by atoms with E-state index in [0.29, 0.717) is 31.7 Å². The first kappa shape index (κ1) is 23.1. The van der Waals surface area contributed by atoms with Gasteiger partial charge in [0, 0.05) is 13.1 Å². The SMILES string of the molecule is CCc1ccc(Cc2nnc(NC(=O)C3CCCN(S(=O)(=O)c4ccc(F)cc4)C3)o2)cc1. The molecule has 1 N–H and O–H groups in total. The zero-order valence-electron chi connectivity index (χ0n) is 18.2. The number of rotatable bonds is 7. The number of carbonyl (C=O) groups excluding carboxylic acids is 1. The topological polar surface area (TPSA) is 105 Å². The summed E-state index contributed by atoms with van der Waals surface area (Å²) >= 11 is 0. The maximum absolute atomic E-state index is 13.2. The van der Waals surface area contributed by atoms with Crippen LogP contribution in [0.4, 0.5) is 10.4 Å². The number of nitrogens with zero attached hydrogens (tertiary/aromatic N) is 3. The molecule has 33 heavy (non-hydrogen) atoms. The molecule has 0 radical (unpaired) electrons. The molecule has 0 saturated carbocycles. The monoisotopic (exact) mass is 472 g/mol. The summed E-state index contributed by atoms with van der Waals surface area (Å²) in [7, 11) is -3.82. The summed E-state index contributed by atoms with van der Waals surface area (Å²) in [6.07, 6.45) is 2.47. The van der Waals surface area contributed by atoms with E-state index >= 15 is 0 Å². The molecule has 1 aromatic heterocycles. The molecule has 0 spiro atoms. The molecule has 174 valence electrons. The molecule has 2 aromatic carbocycles. The van der Waals surface area contributed by atoms with Gasteiger partial charge in [-0.15, -0.1) is 5.10 Å². The fraction of sp³-hybridized carbons (Fsp3) is 0.348. The number of aromatic nitrogens is 2. The van der Waals surface area contributed by atoms with Gasteiger partial charge in [-0.2, -0.15) is 4.31 Å². The Morgan fingerprint density at radius 3 is 2.52 bits per heavy atom. The smallest absolute Gasteiger partial charge is 0.322 e. The van der Waals surface area contributed by atoms with Crippen LogP contribution in [0.5, 0.6) is 0 Å². The Kier molecular flexibility index (Phi) is 6.85. The van der Waals surface area contributed by atoms with E-state index in [1.54, 1.807) is 0 Å². The van der Waals surface area contributed by atoms with Crippen molar-refractivity contribution in [1.29, 1.82) is 0 Å². The summed E-state index contributed by atoms with van der Waals surface area (Å²) < 4.78 is 45.7. The van der Waals surface area contributed by atoms with Crippen molar-refractivity contribution in [2.75, 3.05) is 18.4 Å². The lowest BCUT2D eigenvalue weighted by molar-refractivity contribution is -0.121. The Bertz CT molecular complexity index is 1210. The highest BCUT2D eigenvalue weighted by atomic mass is 32.2. The Hall–Kier alpha value is -3.11. The molecule has 1 atom stereocenters. The van der Waals surface area contributed by atoms with E-state index < -0.39 is 21.8 Å². The number of nitrogens with one attached hydrogen (secondary N) is 1. The first-order valence-electron chi connectivity index (χ1n) is 10.8. The molecular weight excluding hydrogens is 447 g/mol. The summed E-state index contributed by atoms with van der Waals surface area (Å²) in [6, 6.07) is 12.7. The van der Waals surface area contributed by atoms with E-state index in [9.17, 15) is 17.6 Å². The first-order chi connectivity index (χ1) is 15.8. The second-order valence-corrected chi connectivity index (χ2v) is 9.93. The number of carbonyl (C=O) groups is 1. The molecule has 1 amide bonds. The summed E-state index contributed by atoms with van der Waals surface area (Å²) in [5, 5.41) is 10.5. The van der Waals surface area contributed by atoms with E-state index in [4.69, 9.17) is 4.42 Å². The number of aryl methyl sites for hydroxylation is 1. The molecule has 4 rings (SSSR count). The lowest BCUT2D eigenvalue weighted by atomic mass is 9.99. The second-order valence-electron chi connectivity index (χ2n) is 7.99. The summed E-state index contributed by atoms with van der Waals surface area (Å²) in [6.45, 7) is 2.41. The van der Waals surface area contributed by atoms with Crippen LogP contribution in [0.25, 0.3) is 0 Å². The zero-order valence-corrected chi connectivity index (χ0v) is 19.0. The van der Waals surface area contributed by atoms with Gasteiger partial charge in [0.25, 0.3) is 0 Å². The van der Waals surface area contributed by atoms with Gasteiger partial charge < -0.3 is 4.42 Å². The van der Waals surface area contributed by atoms with Crippen LogP contribution in [0.1, 0.15) is 36.8 Å². The molecular formula is C23H25FN4O4S. The van der Waals surface area contributed by atoms with E-state index in [1.807, 2.05) is 24.3 Å². The number of halogens is 1. The average molecular weight is 473 g/mol. The fourth-order valence-corrected chi connectivity index (χ4v) is 5.30. The van der Waals surface area contributed by atoms with Crippen LogP contribution in [0.3, 0.4) is 0 Å². The molecule has 0 bridgehead atoms. The minimum absolute atomic E-state index is 0.00142. The zero-order chi connectivity index (χ0) is 23.4. The number of amides is 1. The lowest BCUT2D eigenvalue weighted by Crippen LogP contribution is -2.43. The highest BCUT2D eigenvalue weighted by Crippen LogP contribution is 2.25. The number of hydrogen-bond acceptors (Lipinski definition) is 6. The van der Waals surface area contributed by atoms with Gasteiger partial charge in [0.15, 0.2) is 0 Å². The van der Waals surface area contributed by atoms with Crippen molar-refractivity contribution in [2.45, 2.75) is 37.5 Å². The van der Waals surface area contributed by atoms with Crippen molar-refractivity contribution in [2.24, 2.45) is 5.92 Å². The number of sulfonamides is 1. The molecule has 1 fully saturated rings. The van der Waals surface area contributed by atoms with E-state index in [-0.39, 0.29) is 23.4 Å². The molecule has 3 aromatic rings. The highest BCUT2D eigenvalue weighted by Gasteiger charge is 2.33. The molecule has 1 aliphatic rings. The number of benzene rings is 2. The minimum Gasteiger partial charge on any atom is -0.407 e. The Balaban J connectivity index is 1.38. The van der Waals surface area contributed by atoms with Crippen molar-refractivity contribution in [3.63, 3.8) is 0 Å². The van der Waals surface area contributed by atoms with Gasteiger partial charge >= 0.3 is 6.01 Å². The van der Waals surface area contributed by atoms with Crippen molar-refractivity contribution in [1.82, 2.24) is 14.5 Å². The van der Waals surface area contributed by atoms with Gasteiger partial charge in [0.05, 0.1) is 17.2 Å². The Morgan fingerprint density at radius 2 is 1.82 bits per heavy atom. The fourth-order valence-electron chi connectivity index (χ4n) is 3.78. The predicted molar refractivity (Wildman–Crippen MR) is 119 cm³/mol. The van der Waals surface area contributed by atoms with Crippen molar-refractivity contribution in [3.05, 3.63) is 71.4 Å². The first-order valence-corrected chi connectivity index (χ1v) is 12.3. The normalized spacial score (nSPS) is 17.1. The van der Waals surface area contributed by atoms with Crippen LogP contribution < -0.4 is 5.32 Å². The minimum atomic E-state index is -3.82. The summed E-state index contributed by atoms with van der Waals surface area (Å²) in [5.74, 6) is -1.08. The van der Waals surface area contributed by atoms with Crippen LogP contribution in [-0.2, 0) is 27.7 Å². The third-order valence-electron chi connectivity index (χ3n) is 5.69. The molecule has 1 aliphatic heterocycles. The van der Waals surface area contributed by atoms with Crippen molar-refractivity contribution < 1.29 is 22.0 Å². The molecule has 1 unspecified atom stereocenters. The summed E-state index contributed by atoms with van der Waals surface area (Å²) in [4.78, 5) is 12.7. The molecule has 0 aliphatic carbocycles. The Labute approximate surface area is 191 Å². The van der Waals surface area contributed by atoms with Gasteiger partial charge in [0.1, 0.15) is 5.82 Å². The summed E-state index contributed by atoms with van der Waals surface area (Å²) in [5.41, 5.74) is 2.25. The third-order valence-corrected chi connectivity index (χ3v) is 7.57. The molecule has 2 heterocycles. The van der Waals surface area contributed by atoms with Crippen LogP contribution in [0.15, 0.2) is 57.8 Å². The average Bonchev–Trinajstić information content (AvgIpc) is 3.26. The van der Waals surface area contributed by atoms with Gasteiger partial charge in [-0.05, 0) is 54.7 Å². The maximum Gasteiger partial charge on any atom is 0.322 e. The van der Waals surface area contributed by atoms with Gasteiger partial charge in [-0.25, -0.2) is 12.8 Å². The van der Waals surface area contributed by atoms with Crippen LogP contribution in [0, 0.1) is 11.7 Å². The third kappa shape index (κ3) is 5.45. The maximum atomic E-state index is 13.2. The van der Waals surface area contributed by atoms with Crippen LogP contribution in [-0.4, -0.2) is 41.9 Å². The van der Waals surface area contributed by atoms with E-state index in [0.717, 1.165) is 24.1 Å². The van der Waals surface area contributed by atoms with E-state index in [1.165, 1.54) is 22.0 Å². The van der Waals surface area contributed by atoms with Gasteiger partial charge in [0.2, 0.25) is 21.8 Å². The van der Waals surface area contributed by atoms with Crippen LogP contribution >= 0.6 is 0 Å². The van der Waals surface area contributed by atoms with Crippen molar-refractivity contribution in [3.8, 4) is 0 Å². The van der Waals surface area contributed by atoms with Crippen molar-refractivity contribution >= 4 is 21.9 Å². The standard InChI is InChI=1S/C23H25FN4O4S/c1-2-16-5-7-17(8-6-16)14-21-26-27-23(32-21)25-22(29)18-4-3-13-28(15-18)33(30,31)20-11-9-19(24)10-12-20/h5-12,18H,2-4,13-15H2,1H3,(H,25,27,29). The molecule has 10 heteroatoms. The lowest BCUT2D eigenvalue weighted by Gasteiger charge is -2.30. The van der Waals surface area contributed by atoms with Gasteiger partial charge in [-0.1, -0.05) is 36.3 Å². The largest absolute Gasteiger partial charge is 0.407 e. The molecule has 8 nitrogen and oxygen atoms in total. The Morgan fingerprint density at radius 1 is 1.12 bits per heavy atom. The highest BCUT2D eigenvalue weighted by molar-refractivity contribution is 7.89.